The van der Waals surface area contributed by atoms with E-state index in [4.69, 9.17) is 5.11 Å². The number of fused-ring (bicyclic) bond motifs is 1. The topological polar surface area (TPSA) is 42.2 Å². The van der Waals surface area contributed by atoms with Crippen LogP contribution in [0.15, 0.2) is 24.3 Å². The molecule has 0 spiro atoms. The molecule has 17 heavy (non-hydrogen) atoms. The van der Waals surface area contributed by atoms with Gasteiger partial charge in [-0.25, -0.2) is 9.18 Å². The number of aromatic carboxylic acids is 1. The monoisotopic (exact) mass is 235 g/mol. The highest BCUT2D eigenvalue weighted by molar-refractivity contribution is 5.94. The quantitative estimate of drug-likeness (QED) is 0.888. The first-order chi connectivity index (χ1) is 8.00. The van der Waals surface area contributed by atoms with Crippen LogP contribution in [0, 0.1) is 11.7 Å². The summed E-state index contributed by atoms with van der Waals surface area (Å²) in [4.78, 5) is 11.1. The van der Waals surface area contributed by atoms with Crippen molar-refractivity contribution in [3.05, 3.63) is 35.8 Å². The van der Waals surface area contributed by atoms with Gasteiger partial charge in [-0.2, -0.15) is 0 Å². The molecule has 0 aliphatic heterocycles. The van der Waals surface area contributed by atoms with Crippen molar-refractivity contribution in [3.63, 3.8) is 0 Å². The SMILES string of the molecule is CC(C)Cn1c(C(=O)O)cc2c(F)cccc21. The van der Waals surface area contributed by atoms with Crippen molar-refractivity contribution < 1.29 is 14.3 Å². The predicted octanol–water partition coefficient (Wildman–Crippen LogP) is 3.13. The molecule has 0 aliphatic rings. The third-order valence-corrected chi connectivity index (χ3v) is 2.66. The summed E-state index contributed by atoms with van der Waals surface area (Å²) in [6.45, 7) is 4.56. The summed E-state index contributed by atoms with van der Waals surface area (Å²) in [5, 5.41) is 9.49. The van der Waals surface area contributed by atoms with Gasteiger partial charge >= 0.3 is 5.97 Å². The van der Waals surface area contributed by atoms with Crippen molar-refractivity contribution in [2.75, 3.05) is 0 Å². The van der Waals surface area contributed by atoms with Gasteiger partial charge in [0.1, 0.15) is 11.5 Å². The van der Waals surface area contributed by atoms with Gasteiger partial charge in [-0.1, -0.05) is 19.9 Å². The van der Waals surface area contributed by atoms with E-state index in [9.17, 15) is 9.18 Å². The highest BCUT2D eigenvalue weighted by Crippen LogP contribution is 2.23. The van der Waals surface area contributed by atoms with Gasteiger partial charge in [0.2, 0.25) is 0 Å². The molecule has 0 saturated heterocycles. The number of hydrogen-bond donors (Lipinski definition) is 1. The number of halogens is 1. The second-order valence-corrected chi connectivity index (χ2v) is 4.51. The van der Waals surface area contributed by atoms with Gasteiger partial charge in [0, 0.05) is 11.9 Å². The zero-order valence-corrected chi connectivity index (χ0v) is 9.77. The Kier molecular flexibility index (Phi) is 2.88. The smallest absolute Gasteiger partial charge is 0.352 e. The Morgan fingerprint density at radius 1 is 1.47 bits per heavy atom. The number of carbonyl (C=O) groups is 1. The lowest BCUT2D eigenvalue weighted by atomic mass is 10.2. The molecule has 0 fully saturated rings. The Labute approximate surface area is 98.5 Å². The molecule has 2 aromatic rings. The molecule has 0 bridgehead atoms. The summed E-state index contributed by atoms with van der Waals surface area (Å²) in [6.07, 6.45) is 0. The van der Waals surface area contributed by atoms with Crippen LogP contribution in [0.25, 0.3) is 10.9 Å². The Hall–Kier alpha value is -1.84. The normalized spacial score (nSPS) is 11.3. The molecule has 3 nitrogen and oxygen atoms in total. The number of aromatic nitrogens is 1. The molecule has 1 aromatic heterocycles. The highest BCUT2D eigenvalue weighted by Gasteiger charge is 2.16. The third-order valence-electron chi connectivity index (χ3n) is 2.66. The highest BCUT2D eigenvalue weighted by atomic mass is 19.1. The van der Waals surface area contributed by atoms with Crippen LogP contribution in [0.4, 0.5) is 4.39 Å². The molecule has 90 valence electrons. The molecule has 0 aliphatic carbocycles. The molecule has 1 aromatic carbocycles. The predicted molar refractivity (Wildman–Crippen MR) is 63.7 cm³/mol. The molecular formula is C13H14FNO2. The van der Waals surface area contributed by atoms with Gasteiger partial charge in [0.25, 0.3) is 0 Å². The lowest BCUT2D eigenvalue weighted by Crippen LogP contribution is -2.11. The van der Waals surface area contributed by atoms with Crippen LogP contribution in [0.5, 0.6) is 0 Å². The van der Waals surface area contributed by atoms with Gasteiger partial charge in [-0.05, 0) is 24.1 Å². The summed E-state index contributed by atoms with van der Waals surface area (Å²) in [7, 11) is 0. The fourth-order valence-electron chi connectivity index (χ4n) is 1.99. The van der Waals surface area contributed by atoms with Crippen LogP contribution in [-0.4, -0.2) is 15.6 Å². The summed E-state index contributed by atoms with van der Waals surface area (Å²) < 4.78 is 15.2. The minimum atomic E-state index is -1.03. The van der Waals surface area contributed by atoms with Crippen LogP contribution in [0.1, 0.15) is 24.3 Å². The summed E-state index contributed by atoms with van der Waals surface area (Å²) in [5.74, 6) is -1.11. The van der Waals surface area contributed by atoms with E-state index in [1.54, 1.807) is 16.7 Å². The van der Waals surface area contributed by atoms with E-state index < -0.39 is 5.97 Å². The Bertz CT molecular complexity index is 572. The Morgan fingerprint density at radius 3 is 2.76 bits per heavy atom. The van der Waals surface area contributed by atoms with E-state index >= 15 is 0 Å². The van der Waals surface area contributed by atoms with E-state index in [0.29, 0.717) is 23.4 Å². The van der Waals surface area contributed by atoms with Gasteiger partial charge in [0.05, 0.1) is 5.52 Å². The van der Waals surface area contributed by atoms with Crippen molar-refractivity contribution in [2.45, 2.75) is 20.4 Å². The van der Waals surface area contributed by atoms with Crippen molar-refractivity contribution in [1.82, 2.24) is 4.57 Å². The maximum atomic E-state index is 13.6. The summed E-state index contributed by atoms with van der Waals surface area (Å²) in [6, 6.07) is 6.08. The lowest BCUT2D eigenvalue weighted by molar-refractivity contribution is 0.0685. The number of carboxylic acid groups (broad SMARTS) is 1. The summed E-state index contributed by atoms with van der Waals surface area (Å²) in [5.41, 5.74) is 0.773. The van der Waals surface area contributed by atoms with Crippen LogP contribution in [0.2, 0.25) is 0 Å². The minimum absolute atomic E-state index is 0.138. The zero-order chi connectivity index (χ0) is 12.6. The summed E-state index contributed by atoms with van der Waals surface area (Å²) >= 11 is 0. The Morgan fingerprint density at radius 2 is 2.18 bits per heavy atom. The molecule has 0 radical (unpaired) electrons. The van der Waals surface area contributed by atoms with E-state index in [1.165, 1.54) is 12.1 Å². The maximum absolute atomic E-state index is 13.6. The molecule has 4 heteroatoms. The van der Waals surface area contributed by atoms with E-state index in [1.807, 2.05) is 13.8 Å². The second-order valence-electron chi connectivity index (χ2n) is 4.51. The molecule has 0 unspecified atom stereocenters. The van der Waals surface area contributed by atoms with Gasteiger partial charge < -0.3 is 9.67 Å². The number of hydrogen-bond acceptors (Lipinski definition) is 1. The molecular weight excluding hydrogens is 221 g/mol. The van der Waals surface area contributed by atoms with Crippen molar-refractivity contribution in [1.29, 1.82) is 0 Å². The van der Waals surface area contributed by atoms with E-state index in [0.717, 1.165) is 0 Å². The Balaban J connectivity index is 2.71. The van der Waals surface area contributed by atoms with Crippen molar-refractivity contribution >= 4 is 16.9 Å². The first-order valence-corrected chi connectivity index (χ1v) is 5.51. The standard InChI is InChI=1S/C13H14FNO2/c1-8(2)7-15-11-5-3-4-10(14)9(11)6-12(15)13(16)17/h3-6,8H,7H2,1-2H3,(H,16,17). The average Bonchev–Trinajstić information content (AvgIpc) is 2.58. The average molecular weight is 235 g/mol. The number of carboxylic acids is 1. The molecule has 1 N–H and O–H groups in total. The van der Waals surface area contributed by atoms with Crippen molar-refractivity contribution in [3.8, 4) is 0 Å². The van der Waals surface area contributed by atoms with Gasteiger partial charge in [-0.15, -0.1) is 0 Å². The molecule has 0 amide bonds. The van der Waals surface area contributed by atoms with Gasteiger partial charge in [0.15, 0.2) is 0 Å². The van der Waals surface area contributed by atoms with Gasteiger partial charge in [-0.3, -0.25) is 0 Å². The fraction of sp³-hybridized carbons (Fsp3) is 0.308. The zero-order valence-electron chi connectivity index (χ0n) is 9.77. The van der Waals surface area contributed by atoms with Crippen LogP contribution in [0.3, 0.4) is 0 Å². The number of rotatable bonds is 3. The second kappa shape index (κ2) is 4.20. The number of benzene rings is 1. The molecule has 0 saturated carbocycles. The number of nitrogens with zero attached hydrogens (tertiary/aromatic N) is 1. The largest absolute Gasteiger partial charge is 0.477 e. The molecule has 0 atom stereocenters. The van der Waals surface area contributed by atoms with E-state index in [2.05, 4.69) is 0 Å². The van der Waals surface area contributed by atoms with Crippen LogP contribution in [-0.2, 0) is 6.54 Å². The third kappa shape index (κ3) is 2.02. The lowest BCUT2D eigenvalue weighted by Gasteiger charge is -2.10. The first kappa shape index (κ1) is 11.6. The van der Waals surface area contributed by atoms with Crippen LogP contribution < -0.4 is 0 Å². The van der Waals surface area contributed by atoms with E-state index in [-0.39, 0.29) is 11.5 Å². The molecule has 2 rings (SSSR count). The maximum Gasteiger partial charge on any atom is 0.352 e. The minimum Gasteiger partial charge on any atom is -0.477 e. The first-order valence-electron chi connectivity index (χ1n) is 5.51. The van der Waals surface area contributed by atoms with Crippen molar-refractivity contribution in [2.24, 2.45) is 5.92 Å². The molecule has 1 heterocycles. The van der Waals surface area contributed by atoms with Crippen LogP contribution >= 0.6 is 0 Å². The fourth-order valence-corrected chi connectivity index (χ4v) is 1.99.